The van der Waals surface area contributed by atoms with Gasteiger partial charge in [0.25, 0.3) is 0 Å². The van der Waals surface area contributed by atoms with Gasteiger partial charge in [0.2, 0.25) is 0 Å². The van der Waals surface area contributed by atoms with Crippen LogP contribution in [0.15, 0.2) is 12.1 Å². The second kappa shape index (κ2) is 6.40. The Balaban J connectivity index is 3.11. The Morgan fingerprint density at radius 3 is 2.35 bits per heavy atom. The molecule has 1 rings (SSSR count). The third-order valence-electron chi connectivity index (χ3n) is 2.46. The summed E-state index contributed by atoms with van der Waals surface area (Å²) in [5, 5.41) is 27.6. The molecule has 0 spiro atoms. The predicted molar refractivity (Wildman–Crippen MR) is 60.9 cm³/mol. The van der Waals surface area contributed by atoms with Crippen molar-refractivity contribution in [2.45, 2.75) is 19.1 Å². The molecule has 2 unspecified atom stereocenters. The van der Waals surface area contributed by atoms with Crippen molar-refractivity contribution in [1.29, 1.82) is 0 Å². The van der Waals surface area contributed by atoms with Crippen LogP contribution >= 0.6 is 0 Å². The number of hydrogen-bond donors (Lipinski definition) is 3. The zero-order valence-electron chi connectivity index (χ0n) is 10.3. The lowest BCUT2D eigenvalue weighted by Gasteiger charge is -2.17. The maximum Gasteiger partial charge on any atom is 0.338 e. The van der Waals surface area contributed by atoms with E-state index in [4.69, 9.17) is 5.11 Å². The van der Waals surface area contributed by atoms with Crippen molar-refractivity contribution < 1.29 is 38.4 Å². The number of esters is 1. The van der Waals surface area contributed by atoms with Gasteiger partial charge < -0.3 is 20.1 Å². The van der Waals surface area contributed by atoms with E-state index < -0.39 is 46.9 Å². The number of benzene rings is 1. The van der Waals surface area contributed by atoms with Gasteiger partial charge in [-0.15, -0.1) is 0 Å². The highest BCUT2D eigenvalue weighted by molar-refractivity contribution is 5.88. The first-order valence-electron chi connectivity index (χ1n) is 5.54. The monoisotopic (exact) mass is 290 g/mol. The van der Waals surface area contributed by atoms with Gasteiger partial charge in [0.1, 0.15) is 17.7 Å². The average molecular weight is 290 g/mol. The number of ether oxygens (including phenoxy) is 1. The van der Waals surface area contributed by atoms with Crippen molar-refractivity contribution in [3.05, 3.63) is 34.9 Å². The molecule has 3 N–H and O–H groups in total. The van der Waals surface area contributed by atoms with Crippen LogP contribution in [0.25, 0.3) is 0 Å². The third-order valence-corrected chi connectivity index (χ3v) is 2.46. The first-order chi connectivity index (χ1) is 9.29. The van der Waals surface area contributed by atoms with Gasteiger partial charge in [-0.2, -0.15) is 0 Å². The van der Waals surface area contributed by atoms with Crippen LogP contribution in [0, 0.1) is 11.6 Å². The Labute approximate surface area is 112 Å². The van der Waals surface area contributed by atoms with Crippen LogP contribution in [0.3, 0.4) is 0 Å². The molecule has 0 aliphatic rings. The van der Waals surface area contributed by atoms with Gasteiger partial charge in [-0.3, -0.25) is 0 Å². The van der Waals surface area contributed by atoms with Crippen molar-refractivity contribution in [3.8, 4) is 0 Å². The molecular weight excluding hydrogens is 278 g/mol. The number of carbonyl (C=O) groups excluding carboxylic acids is 1. The van der Waals surface area contributed by atoms with E-state index in [9.17, 15) is 28.6 Å². The second-order valence-corrected chi connectivity index (χ2v) is 3.80. The van der Waals surface area contributed by atoms with E-state index in [2.05, 4.69) is 4.74 Å². The number of carboxylic acid groups (broad SMARTS) is 1. The van der Waals surface area contributed by atoms with Crippen LogP contribution < -0.4 is 0 Å². The molecule has 0 amide bonds. The zero-order valence-corrected chi connectivity index (χ0v) is 10.3. The molecule has 6 nitrogen and oxygen atoms in total. The van der Waals surface area contributed by atoms with Crippen molar-refractivity contribution in [2.75, 3.05) is 6.61 Å². The number of aliphatic hydroxyl groups excluding tert-OH is 2. The average Bonchev–Trinajstić information content (AvgIpc) is 2.39. The van der Waals surface area contributed by atoms with E-state index in [1.165, 1.54) is 6.92 Å². The highest BCUT2D eigenvalue weighted by Crippen LogP contribution is 2.24. The zero-order chi connectivity index (χ0) is 15.4. The molecule has 0 aromatic heterocycles. The van der Waals surface area contributed by atoms with E-state index >= 15 is 0 Å². The topological polar surface area (TPSA) is 104 Å². The Hall–Kier alpha value is -2.06. The molecule has 2 atom stereocenters. The molecule has 1 aromatic carbocycles. The van der Waals surface area contributed by atoms with Crippen LogP contribution in [0.2, 0.25) is 0 Å². The Morgan fingerprint density at radius 2 is 1.85 bits per heavy atom. The predicted octanol–water partition coefficient (Wildman–Crippen LogP) is 0.620. The van der Waals surface area contributed by atoms with Crippen LogP contribution in [-0.2, 0) is 9.53 Å². The fourth-order valence-electron chi connectivity index (χ4n) is 1.48. The summed E-state index contributed by atoms with van der Waals surface area (Å²) in [5.74, 6) is -5.46. The number of aromatic carboxylic acids is 1. The summed E-state index contributed by atoms with van der Waals surface area (Å²) in [5.41, 5.74) is -1.67. The van der Waals surface area contributed by atoms with E-state index in [-0.39, 0.29) is 6.61 Å². The molecule has 0 aliphatic carbocycles. The van der Waals surface area contributed by atoms with Gasteiger partial charge >= 0.3 is 11.9 Å². The fourth-order valence-corrected chi connectivity index (χ4v) is 1.48. The fraction of sp³-hybridized carbons (Fsp3) is 0.333. The number of carboxylic acids is 1. The highest BCUT2D eigenvalue weighted by atomic mass is 19.1. The largest absolute Gasteiger partial charge is 0.478 e. The standard InChI is InChI=1S/C12H12F2O6/c1-2-20-12(19)10(16)9(15)5-3-8(14)6(11(17)18)4-7(5)13/h3-4,9-10,15-16H,2H2,1H3,(H,17,18). The van der Waals surface area contributed by atoms with Crippen LogP contribution in [-0.4, -0.2) is 40.0 Å². The normalized spacial score (nSPS) is 13.7. The first-order valence-corrected chi connectivity index (χ1v) is 5.54. The molecule has 0 fully saturated rings. The van der Waals surface area contributed by atoms with Gasteiger partial charge in [0, 0.05) is 5.56 Å². The van der Waals surface area contributed by atoms with Gasteiger partial charge in [-0.25, -0.2) is 18.4 Å². The summed E-state index contributed by atoms with van der Waals surface area (Å²) in [7, 11) is 0. The molecule has 0 saturated heterocycles. The summed E-state index contributed by atoms with van der Waals surface area (Å²) >= 11 is 0. The maximum atomic E-state index is 13.6. The summed E-state index contributed by atoms with van der Waals surface area (Å²) in [6.07, 6.45) is -4.19. The van der Waals surface area contributed by atoms with Gasteiger partial charge in [-0.05, 0) is 19.1 Å². The quantitative estimate of drug-likeness (QED) is 0.687. The van der Waals surface area contributed by atoms with Crippen LogP contribution in [0.5, 0.6) is 0 Å². The number of halogens is 2. The number of carbonyl (C=O) groups is 2. The lowest BCUT2D eigenvalue weighted by atomic mass is 10.0. The lowest BCUT2D eigenvalue weighted by Crippen LogP contribution is -2.30. The summed E-state index contributed by atoms with van der Waals surface area (Å²) in [4.78, 5) is 21.8. The molecule has 20 heavy (non-hydrogen) atoms. The maximum absolute atomic E-state index is 13.6. The van der Waals surface area contributed by atoms with Crippen molar-refractivity contribution in [2.24, 2.45) is 0 Å². The molecule has 0 bridgehead atoms. The Bertz CT molecular complexity index is 531. The third kappa shape index (κ3) is 3.28. The molecule has 0 heterocycles. The SMILES string of the molecule is CCOC(=O)C(O)C(O)c1cc(F)c(C(=O)O)cc1F. The van der Waals surface area contributed by atoms with E-state index in [1.807, 2.05) is 0 Å². The minimum atomic E-state index is -2.11. The minimum absolute atomic E-state index is 0.0720. The highest BCUT2D eigenvalue weighted by Gasteiger charge is 2.30. The summed E-state index contributed by atoms with van der Waals surface area (Å²) < 4.78 is 31.4. The Morgan fingerprint density at radius 1 is 1.25 bits per heavy atom. The summed E-state index contributed by atoms with van der Waals surface area (Å²) in [6, 6.07) is 0.764. The number of aliphatic hydroxyl groups is 2. The van der Waals surface area contributed by atoms with E-state index in [0.29, 0.717) is 12.1 Å². The molecule has 1 aromatic rings. The first kappa shape index (κ1) is 16.0. The van der Waals surface area contributed by atoms with Gasteiger partial charge in [0.15, 0.2) is 6.10 Å². The van der Waals surface area contributed by atoms with Gasteiger partial charge in [-0.1, -0.05) is 0 Å². The molecule has 0 aliphatic heterocycles. The van der Waals surface area contributed by atoms with Crippen molar-refractivity contribution in [1.82, 2.24) is 0 Å². The molecule has 110 valence electrons. The van der Waals surface area contributed by atoms with Crippen molar-refractivity contribution in [3.63, 3.8) is 0 Å². The van der Waals surface area contributed by atoms with Crippen molar-refractivity contribution >= 4 is 11.9 Å². The smallest absolute Gasteiger partial charge is 0.338 e. The minimum Gasteiger partial charge on any atom is -0.478 e. The Kier molecular flexibility index (Phi) is 5.12. The van der Waals surface area contributed by atoms with E-state index in [1.54, 1.807) is 0 Å². The molecule has 0 saturated carbocycles. The molecule has 8 heteroatoms. The molecular formula is C12H12F2O6. The van der Waals surface area contributed by atoms with Gasteiger partial charge in [0.05, 0.1) is 12.2 Å². The number of hydrogen-bond acceptors (Lipinski definition) is 5. The summed E-state index contributed by atoms with van der Waals surface area (Å²) in [6.45, 7) is 1.39. The number of rotatable bonds is 5. The van der Waals surface area contributed by atoms with E-state index in [0.717, 1.165) is 0 Å². The lowest BCUT2D eigenvalue weighted by molar-refractivity contribution is -0.159. The van der Waals surface area contributed by atoms with Crippen LogP contribution in [0.1, 0.15) is 28.9 Å². The molecule has 0 radical (unpaired) electrons. The second-order valence-electron chi connectivity index (χ2n) is 3.80. The van der Waals surface area contributed by atoms with Crippen LogP contribution in [0.4, 0.5) is 8.78 Å².